The molecule has 4 rings (SSSR count). The molecule has 0 aliphatic carbocycles. The van der Waals surface area contributed by atoms with Gasteiger partial charge < -0.3 is 19.9 Å². The summed E-state index contributed by atoms with van der Waals surface area (Å²) >= 11 is 0. The number of likely N-dealkylation sites (tertiary alicyclic amines) is 1. The molecule has 1 aromatic rings. The summed E-state index contributed by atoms with van der Waals surface area (Å²) in [5, 5.41) is 12.8. The zero-order valence-corrected chi connectivity index (χ0v) is 22.3. The van der Waals surface area contributed by atoms with Gasteiger partial charge in [-0.25, -0.2) is 4.79 Å². The van der Waals surface area contributed by atoms with Crippen LogP contribution in [-0.2, 0) is 21.9 Å². The molecular formula is C19H29N6NaO6S. The summed E-state index contributed by atoms with van der Waals surface area (Å²) in [6.07, 6.45) is 5.39. The molecule has 2 atom stereocenters. The molecule has 3 saturated heterocycles. The number of hydrogen-bond donors (Lipinski definition) is 0. The maximum absolute atomic E-state index is 12.2. The van der Waals surface area contributed by atoms with Crippen molar-refractivity contribution in [1.29, 1.82) is 0 Å². The van der Waals surface area contributed by atoms with Crippen LogP contribution in [-0.4, -0.2) is 86.9 Å². The van der Waals surface area contributed by atoms with E-state index in [0.717, 1.165) is 37.9 Å². The van der Waals surface area contributed by atoms with Crippen molar-refractivity contribution < 1.29 is 56.5 Å². The second-order valence-electron chi connectivity index (χ2n) is 9.26. The molecule has 1 aromatic heterocycles. The first-order valence-electron chi connectivity index (χ1n) is 10.7. The van der Waals surface area contributed by atoms with E-state index in [4.69, 9.17) is 17.4 Å². The minimum Gasteiger partial charge on any atom is -0.444 e. The largest absolute Gasteiger partial charge is 1.00 e. The van der Waals surface area contributed by atoms with Crippen LogP contribution >= 0.6 is 0 Å². The van der Waals surface area contributed by atoms with Crippen LogP contribution in [0.25, 0.3) is 5.32 Å². The third-order valence-electron chi connectivity index (χ3n) is 5.74. The van der Waals surface area contributed by atoms with Gasteiger partial charge in [-0.15, -0.1) is 17.7 Å². The van der Waals surface area contributed by atoms with Crippen LogP contribution in [0.15, 0.2) is 6.20 Å². The van der Waals surface area contributed by atoms with E-state index in [1.807, 2.05) is 36.5 Å². The maximum atomic E-state index is 12.2. The summed E-state index contributed by atoms with van der Waals surface area (Å²) in [6, 6.07) is 0.256. The zero-order valence-electron chi connectivity index (χ0n) is 19.5. The fourth-order valence-electron chi connectivity index (χ4n) is 4.26. The van der Waals surface area contributed by atoms with Gasteiger partial charge in [0.1, 0.15) is 5.60 Å². The Balaban J connectivity index is 0.000000714. The molecule has 0 radical (unpaired) electrons. The molecule has 33 heavy (non-hydrogen) atoms. The molecule has 3 fully saturated rings. The van der Waals surface area contributed by atoms with Gasteiger partial charge in [0.15, 0.2) is 6.03 Å². The average molecular weight is 493 g/mol. The zero-order chi connectivity index (χ0) is 23.5. The van der Waals surface area contributed by atoms with Gasteiger partial charge in [-0.05, 0) is 58.7 Å². The van der Waals surface area contributed by atoms with E-state index in [-0.39, 0.29) is 53.8 Å². The third kappa shape index (κ3) is 7.94. The summed E-state index contributed by atoms with van der Waals surface area (Å²) in [7, 11) is -3.11. The molecule has 3 aliphatic rings. The van der Waals surface area contributed by atoms with Crippen LogP contribution in [0, 0.1) is 0 Å². The Hall–Kier alpha value is -1.70. The average Bonchev–Trinajstić information content (AvgIpc) is 3.27. The summed E-state index contributed by atoms with van der Waals surface area (Å²) in [6.45, 7) is 8.39. The van der Waals surface area contributed by atoms with E-state index < -0.39 is 16.2 Å². The molecule has 14 heteroatoms. The van der Waals surface area contributed by atoms with E-state index in [9.17, 15) is 9.59 Å². The second kappa shape index (κ2) is 11.6. The van der Waals surface area contributed by atoms with E-state index in [0.29, 0.717) is 25.6 Å². The van der Waals surface area contributed by atoms with E-state index in [2.05, 4.69) is 15.6 Å². The predicted octanol–water partition coefficient (Wildman–Crippen LogP) is -1.27. The van der Waals surface area contributed by atoms with Crippen molar-refractivity contribution in [2.24, 2.45) is 0 Å². The van der Waals surface area contributed by atoms with Gasteiger partial charge in [-0.3, -0.25) is 9.48 Å². The first kappa shape index (κ1) is 27.5. The quantitative estimate of drug-likeness (QED) is 0.475. The molecule has 178 valence electrons. The first-order chi connectivity index (χ1) is 15.0. The number of nitrogens with zero attached hydrogens (tertiary/aromatic N) is 6. The molecule has 0 saturated carbocycles. The van der Waals surface area contributed by atoms with Gasteiger partial charge in [0.25, 0.3) is 0 Å². The van der Waals surface area contributed by atoms with E-state index in [1.54, 1.807) is 4.90 Å². The number of rotatable bonds is 3. The van der Waals surface area contributed by atoms with E-state index in [1.165, 1.54) is 0 Å². The standard InChI is InChI=1S/C19H30N6O3.Na.O3S/c1-19(2,3)28-18(27)23-8-6-13(7-9-23)16-12-24(22-21-16)11-15-5-4-14-10-25(15)17(26)20-14;;1-4(2)3/h12-15H,4-11H2,1-3H3,(H,20,26);;/q;+1;/p-1/t14-,15+;;/m1../s1. The number of carbonyl (C=O) groups is 2. The van der Waals surface area contributed by atoms with Gasteiger partial charge in [-0.2, -0.15) is 0 Å². The van der Waals surface area contributed by atoms with Crippen molar-refractivity contribution in [3.63, 3.8) is 0 Å². The Labute approximate surface area is 216 Å². The summed E-state index contributed by atoms with van der Waals surface area (Å²) in [4.78, 5) is 27.8. The topological polar surface area (TPSA) is 146 Å². The molecule has 3 aliphatic heterocycles. The van der Waals surface area contributed by atoms with Crippen LogP contribution in [0.1, 0.15) is 58.1 Å². The molecule has 2 bridgehead atoms. The fraction of sp³-hybridized carbons (Fsp3) is 0.789. The Morgan fingerprint density at radius 3 is 2.42 bits per heavy atom. The second-order valence-corrected chi connectivity index (χ2v) is 9.67. The number of aromatic nitrogens is 3. The smallest absolute Gasteiger partial charge is 0.444 e. The number of piperidine rings is 2. The SMILES string of the molecule is CC(C)(C)OC(=O)N1CCC(c2cn(C[C@@H]3CC[C@@H]4CN3C(=O)[N-]4)nn2)CC1.O=S(=O)=O.[Na+]. The monoisotopic (exact) mass is 492 g/mol. The summed E-state index contributed by atoms with van der Waals surface area (Å²) in [5.74, 6) is 0.298. The molecule has 0 aromatic carbocycles. The van der Waals surface area contributed by atoms with Crippen molar-refractivity contribution >= 4 is 22.7 Å². The summed E-state index contributed by atoms with van der Waals surface area (Å²) in [5.41, 5.74) is 0.495. The number of amides is 3. The summed E-state index contributed by atoms with van der Waals surface area (Å²) < 4.78 is 32.6. The van der Waals surface area contributed by atoms with Gasteiger partial charge in [-0.1, -0.05) is 11.6 Å². The van der Waals surface area contributed by atoms with Crippen molar-refractivity contribution in [2.75, 3.05) is 19.6 Å². The number of hydrogen-bond acceptors (Lipinski definition) is 8. The van der Waals surface area contributed by atoms with Gasteiger partial charge in [0.2, 0.25) is 0 Å². The van der Waals surface area contributed by atoms with Crippen LogP contribution < -0.4 is 29.6 Å². The number of fused-ring (bicyclic) bond motifs is 2. The molecule has 3 amide bonds. The van der Waals surface area contributed by atoms with Crippen LogP contribution in [0.5, 0.6) is 0 Å². The van der Waals surface area contributed by atoms with E-state index >= 15 is 0 Å². The minimum atomic E-state index is -3.11. The Morgan fingerprint density at radius 1 is 1.18 bits per heavy atom. The number of carbonyl (C=O) groups excluding carboxylic acids is 2. The molecular weight excluding hydrogens is 463 g/mol. The predicted molar refractivity (Wildman–Crippen MR) is 112 cm³/mol. The minimum absolute atomic E-state index is 0. The van der Waals surface area contributed by atoms with Crippen LogP contribution in [0.4, 0.5) is 9.59 Å². The van der Waals surface area contributed by atoms with Crippen LogP contribution in [0.3, 0.4) is 0 Å². The molecule has 0 unspecified atom stereocenters. The first-order valence-corrected chi connectivity index (χ1v) is 11.7. The van der Waals surface area contributed by atoms with Gasteiger partial charge >= 0.3 is 46.3 Å². The molecule has 12 nitrogen and oxygen atoms in total. The van der Waals surface area contributed by atoms with Crippen molar-refractivity contribution in [2.45, 2.75) is 76.6 Å². The third-order valence-corrected chi connectivity index (χ3v) is 5.74. The fourth-order valence-corrected chi connectivity index (χ4v) is 4.26. The van der Waals surface area contributed by atoms with Crippen molar-refractivity contribution in [3.05, 3.63) is 17.2 Å². The molecule has 0 N–H and O–H groups in total. The normalized spacial score (nSPS) is 22.6. The van der Waals surface area contributed by atoms with Crippen molar-refractivity contribution in [1.82, 2.24) is 24.8 Å². The molecule has 0 spiro atoms. The van der Waals surface area contributed by atoms with Crippen LogP contribution in [0.2, 0.25) is 0 Å². The van der Waals surface area contributed by atoms with Gasteiger partial charge in [0.05, 0.1) is 5.69 Å². The van der Waals surface area contributed by atoms with Gasteiger partial charge in [0, 0.05) is 31.7 Å². The van der Waals surface area contributed by atoms with Crippen molar-refractivity contribution in [3.8, 4) is 0 Å². The number of urea groups is 1. The Kier molecular flexibility index (Phi) is 9.70. The Morgan fingerprint density at radius 2 is 1.82 bits per heavy atom. The molecule has 4 heterocycles. The maximum Gasteiger partial charge on any atom is 1.00 e. The Bertz CT molecular complexity index is 934. The number of ether oxygens (including phenoxy) is 1.